The van der Waals surface area contributed by atoms with Gasteiger partial charge in [-0.05, 0) is 84.9 Å². The zero-order chi connectivity index (χ0) is 32.8. The summed E-state index contributed by atoms with van der Waals surface area (Å²) in [7, 11) is 0. The molecule has 50 heavy (non-hydrogen) atoms. The van der Waals surface area contributed by atoms with Gasteiger partial charge >= 0.3 is 0 Å². The van der Waals surface area contributed by atoms with Gasteiger partial charge in [-0.25, -0.2) is 4.98 Å². The first-order chi connectivity index (χ1) is 24.8. The summed E-state index contributed by atoms with van der Waals surface area (Å²) in [5, 5.41) is 12.9. The van der Waals surface area contributed by atoms with E-state index in [0.717, 1.165) is 10.5 Å². The molecule has 11 aromatic rings. The molecule has 3 aromatic heterocycles. The Morgan fingerprint density at radius 2 is 0.860 bits per heavy atom. The Kier molecular flexibility index (Phi) is 6.06. The number of fused-ring (bicyclic) bond motifs is 12. The summed E-state index contributed by atoms with van der Waals surface area (Å²) >= 11 is 3.66. The van der Waals surface area contributed by atoms with E-state index in [1.165, 1.54) is 95.8 Å². The molecule has 0 spiro atoms. The molecular weight excluding hydrogens is 643 g/mol. The van der Waals surface area contributed by atoms with Gasteiger partial charge in [0, 0.05) is 41.2 Å². The van der Waals surface area contributed by atoms with Crippen molar-refractivity contribution in [2.24, 2.45) is 0 Å². The highest BCUT2D eigenvalue weighted by atomic mass is 32.1. The number of hydrogen-bond donors (Lipinski definition) is 0. The van der Waals surface area contributed by atoms with E-state index in [4.69, 9.17) is 4.98 Å². The molecule has 232 valence electrons. The van der Waals surface area contributed by atoms with Crippen LogP contribution in [0.25, 0.3) is 106 Å². The molecule has 0 radical (unpaired) electrons. The summed E-state index contributed by atoms with van der Waals surface area (Å²) in [6.45, 7) is 0. The number of hydrogen-bond acceptors (Lipinski definition) is 3. The Balaban J connectivity index is 1.04. The van der Waals surface area contributed by atoms with Crippen LogP contribution in [0.3, 0.4) is 0 Å². The molecular formula is C47H27NS2. The zero-order valence-electron chi connectivity index (χ0n) is 26.9. The van der Waals surface area contributed by atoms with Gasteiger partial charge in [0.25, 0.3) is 0 Å². The molecule has 0 saturated carbocycles. The van der Waals surface area contributed by atoms with E-state index in [2.05, 4.69) is 164 Å². The van der Waals surface area contributed by atoms with Gasteiger partial charge in [0.15, 0.2) is 0 Å². The smallest absolute Gasteiger partial charge is 0.125 e. The van der Waals surface area contributed by atoms with E-state index in [9.17, 15) is 0 Å². The van der Waals surface area contributed by atoms with Gasteiger partial charge in [-0.1, -0.05) is 133 Å². The Hall–Kier alpha value is -5.87. The number of thiophene rings is 2. The van der Waals surface area contributed by atoms with Gasteiger partial charge in [-0.2, -0.15) is 0 Å². The highest BCUT2D eigenvalue weighted by Gasteiger charge is 2.16. The molecule has 0 unspecified atom stereocenters. The fourth-order valence-corrected chi connectivity index (χ4v) is 10.4. The van der Waals surface area contributed by atoms with Crippen molar-refractivity contribution in [2.45, 2.75) is 0 Å². The van der Waals surface area contributed by atoms with E-state index in [1.807, 2.05) is 11.3 Å². The quantitative estimate of drug-likeness (QED) is 0.171. The van der Waals surface area contributed by atoms with E-state index in [1.54, 1.807) is 11.3 Å². The van der Waals surface area contributed by atoms with Gasteiger partial charge in [-0.15, -0.1) is 22.7 Å². The molecule has 1 nitrogen and oxygen atoms in total. The van der Waals surface area contributed by atoms with Crippen molar-refractivity contribution >= 4 is 95.5 Å². The second kappa shape index (κ2) is 10.8. The summed E-state index contributed by atoms with van der Waals surface area (Å²) in [6, 6.07) is 60.0. The van der Waals surface area contributed by atoms with Crippen molar-refractivity contribution in [2.75, 3.05) is 0 Å². The van der Waals surface area contributed by atoms with E-state index in [0.29, 0.717) is 0 Å². The topological polar surface area (TPSA) is 12.9 Å². The van der Waals surface area contributed by atoms with Crippen LogP contribution in [0.15, 0.2) is 164 Å². The molecule has 0 aliphatic carbocycles. The molecule has 11 rings (SSSR count). The third kappa shape index (κ3) is 4.14. The molecule has 0 bridgehead atoms. The van der Waals surface area contributed by atoms with Gasteiger partial charge in [0.2, 0.25) is 0 Å². The number of nitrogens with zero attached hydrogens (tertiary/aromatic N) is 1. The second-order valence-corrected chi connectivity index (χ2v) is 15.1. The monoisotopic (exact) mass is 669 g/mol. The average Bonchev–Trinajstić information content (AvgIpc) is 3.76. The second-order valence-electron chi connectivity index (χ2n) is 13.0. The standard InChI is InChI=1S/C47H27NS2/c1-2-14-34-32(12-1)33-13-3-4-15-35(33)42-27-29(22-23-36(34)42)28-10-7-11-30(26-28)31-17-8-19-39-40-24-25-43(48-47(40)50-45(31)39)41-20-9-18-38-37-16-5-6-21-44(37)49-46(38)41/h1-27H. The normalized spacial score (nSPS) is 12.0. The van der Waals surface area contributed by atoms with Crippen molar-refractivity contribution in [1.29, 1.82) is 0 Å². The Bertz CT molecular complexity index is 3130. The average molecular weight is 670 g/mol. The van der Waals surface area contributed by atoms with Crippen LogP contribution in [0, 0.1) is 0 Å². The highest BCUT2D eigenvalue weighted by molar-refractivity contribution is 7.26. The SMILES string of the molecule is c1cc(-c2ccc3c4ccccc4c4ccccc4c3c2)cc(-c2cccc3c2sc2nc(-c4cccc5c4sc4ccccc45)ccc23)c1. The molecule has 0 amide bonds. The molecule has 0 fully saturated rings. The lowest BCUT2D eigenvalue weighted by Gasteiger charge is -2.12. The first-order valence-corrected chi connectivity index (χ1v) is 18.6. The van der Waals surface area contributed by atoms with Crippen LogP contribution in [-0.2, 0) is 0 Å². The van der Waals surface area contributed by atoms with E-state index < -0.39 is 0 Å². The molecule has 0 saturated heterocycles. The van der Waals surface area contributed by atoms with Crippen molar-refractivity contribution in [3.05, 3.63) is 164 Å². The number of pyridine rings is 1. The Morgan fingerprint density at radius 3 is 1.64 bits per heavy atom. The van der Waals surface area contributed by atoms with Gasteiger partial charge in [0.1, 0.15) is 4.83 Å². The van der Waals surface area contributed by atoms with Gasteiger partial charge in [-0.3, -0.25) is 0 Å². The Morgan fingerprint density at radius 1 is 0.320 bits per heavy atom. The van der Waals surface area contributed by atoms with Crippen LogP contribution >= 0.6 is 22.7 Å². The predicted molar refractivity (Wildman–Crippen MR) is 219 cm³/mol. The lowest BCUT2D eigenvalue weighted by Crippen LogP contribution is -1.86. The van der Waals surface area contributed by atoms with Gasteiger partial charge < -0.3 is 0 Å². The number of benzene rings is 8. The Labute approximate surface area is 296 Å². The van der Waals surface area contributed by atoms with E-state index >= 15 is 0 Å². The van der Waals surface area contributed by atoms with Crippen LogP contribution < -0.4 is 0 Å². The summed E-state index contributed by atoms with van der Waals surface area (Å²) in [6.07, 6.45) is 0. The first kappa shape index (κ1) is 28.0. The summed E-state index contributed by atoms with van der Waals surface area (Å²) in [5.74, 6) is 0. The largest absolute Gasteiger partial charge is 0.237 e. The molecule has 0 aliphatic rings. The van der Waals surface area contributed by atoms with Crippen LogP contribution in [0.4, 0.5) is 0 Å². The van der Waals surface area contributed by atoms with E-state index in [-0.39, 0.29) is 0 Å². The molecule has 0 atom stereocenters. The zero-order valence-corrected chi connectivity index (χ0v) is 28.5. The maximum Gasteiger partial charge on any atom is 0.125 e. The fraction of sp³-hybridized carbons (Fsp3) is 0. The van der Waals surface area contributed by atoms with Crippen LogP contribution in [0.2, 0.25) is 0 Å². The van der Waals surface area contributed by atoms with Crippen LogP contribution in [0.1, 0.15) is 0 Å². The molecule has 0 N–H and O–H groups in total. The summed E-state index contributed by atoms with van der Waals surface area (Å²) in [4.78, 5) is 6.38. The lowest BCUT2D eigenvalue weighted by atomic mass is 9.91. The third-order valence-electron chi connectivity index (χ3n) is 10.3. The lowest BCUT2D eigenvalue weighted by molar-refractivity contribution is 1.44. The first-order valence-electron chi connectivity index (χ1n) is 17.0. The van der Waals surface area contributed by atoms with Crippen molar-refractivity contribution in [3.63, 3.8) is 0 Å². The molecule has 3 heterocycles. The van der Waals surface area contributed by atoms with Gasteiger partial charge in [0.05, 0.1) is 5.69 Å². The van der Waals surface area contributed by atoms with Crippen molar-refractivity contribution in [1.82, 2.24) is 4.98 Å². The minimum Gasteiger partial charge on any atom is -0.237 e. The number of aromatic nitrogens is 1. The highest BCUT2D eigenvalue weighted by Crippen LogP contribution is 2.44. The predicted octanol–water partition coefficient (Wildman–Crippen LogP) is 14.3. The minimum absolute atomic E-state index is 1.03. The molecule has 3 heteroatoms. The van der Waals surface area contributed by atoms with Crippen molar-refractivity contribution < 1.29 is 0 Å². The molecule has 0 aliphatic heterocycles. The number of rotatable bonds is 3. The summed E-state index contributed by atoms with van der Waals surface area (Å²) < 4.78 is 3.89. The maximum atomic E-state index is 5.30. The molecule has 8 aromatic carbocycles. The minimum atomic E-state index is 1.03. The van der Waals surface area contributed by atoms with Crippen molar-refractivity contribution in [3.8, 4) is 33.5 Å². The maximum absolute atomic E-state index is 5.30. The van der Waals surface area contributed by atoms with Crippen LogP contribution in [-0.4, -0.2) is 4.98 Å². The van der Waals surface area contributed by atoms with Crippen LogP contribution in [0.5, 0.6) is 0 Å². The fourth-order valence-electron chi connectivity index (χ4n) is 7.96. The third-order valence-corrected chi connectivity index (χ3v) is 12.7. The summed E-state index contributed by atoms with van der Waals surface area (Å²) in [5.41, 5.74) is 7.14.